The van der Waals surface area contributed by atoms with E-state index in [2.05, 4.69) is 18.9 Å². The predicted molar refractivity (Wildman–Crippen MR) is 48.6 cm³/mol. The number of hydrogen-bond donors (Lipinski definition) is 0. The van der Waals surface area contributed by atoms with Crippen molar-refractivity contribution in [3.8, 4) is 0 Å². The lowest BCUT2D eigenvalue weighted by atomic mass is 9.99. The number of rotatable bonds is 2. The SMILES string of the molecule is COC1(OC)OC(C(F)(F)F)(C(F)(F)F)OC1(C(F)(F)F)C(F)(F)F. The second-order valence-corrected chi connectivity index (χ2v) is 4.46. The average molecular weight is 406 g/mol. The van der Waals surface area contributed by atoms with Gasteiger partial charge in [-0.15, -0.1) is 0 Å². The summed E-state index contributed by atoms with van der Waals surface area (Å²) in [5, 5.41) is 0. The zero-order valence-corrected chi connectivity index (χ0v) is 11.7. The molecule has 1 aliphatic heterocycles. The van der Waals surface area contributed by atoms with Crippen molar-refractivity contribution in [3.05, 3.63) is 0 Å². The highest BCUT2D eigenvalue weighted by atomic mass is 19.4. The van der Waals surface area contributed by atoms with E-state index >= 15 is 0 Å². The third kappa shape index (κ3) is 2.64. The Balaban J connectivity index is 3.96. The molecule has 0 amide bonds. The first kappa shape index (κ1) is 22.0. The lowest BCUT2D eigenvalue weighted by Gasteiger charge is -2.40. The maximum Gasteiger partial charge on any atom is 0.453 e. The van der Waals surface area contributed by atoms with Crippen molar-refractivity contribution in [2.24, 2.45) is 0 Å². The van der Waals surface area contributed by atoms with Gasteiger partial charge in [0.15, 0.2) is 0 Å². The molecule has 25 heavy (non-hydrogen) atoms. The third-order valence-corrected chi connectivity index (χ3v) is 3.09. The van der Waals surface area contributed by atoms with E-state index in [1.54, 1.807) is 0 Å². The first-order valence-corrected chi connectivity index (χ1v) is 5.56. The van der Waals surface area contributed by atoms with Crippen LogP contribution in [0, 0.1) is 0 Å². The smallest absolute Gasteiger partial charge is 0.328 e. The van der Waals surface area contributed by atoms with E-state index in [1.807, 2.05) is 0 Å². The summed E-state index contributed by atoms with van der Waals surface area (Å²) in [6.07, 6.45) is -27.7. The topological polar surface area (TPSA) is 36.9 Å². The van der Waals surface area contributed by atoms with E-state index in [4.69, 9.17) is 0 Å². The first-order valence-electron chi connectivity index (χ1n) is 5.56. The van der Waals surface area contributed by atoms with Gasteiger partial charge in [-0.2, -0.15) is 52.7 Å². The maximum atomic E-state index is 13.1. The van der Waals surface area contributed by atoms with Crippen LogP contribution in [0.4, 0.5) is 52.7 Å². The van der Waals surface area contributed by atoms with Gasteiger partial charge in [0, 0.05) is 14.2 Å². The molecule has 0 N–H and O–H groups in total. The summed E-state index contributed by atoms with van der Waals surface area (Å²) < 4.78 is 168. The summed E-state index contributed by atoms with van der Waals surface area (Å²) in [6, 6.07) is 0. The summed E-state index contributed by atoms with van der Waals surface area (Å²) in [5.41, 5.74) is -6.28. The molecule has 0 aliphatic carbocycles. The van der Waals surface area contributed by atoms with Crippen LogP contribution in [0.15, 0.2) is 0 Å². The number of alkyl halides is 12. The van der Waals surface area contributed by atoms with Gasteiger partial charge in [-0.25, -0.2) is 0 Å². The normalized spacial score (nSPS) is 23.8. The molecule has 0 aromatic carbocycles. The lowest BCUT2D eigenvalue weighted by molar-refractivity contribution is -0.479. The van der Waals surface area contributed by atoms with Crippen molar-refractivity contribution < 1.29 is 71.6 Å². The van der Waals surface area contributed by atoms with Crippen LogP contribution >= 0.6 is 0 Å². The van der Waals surface area contributed by atoms with Crippen molar-refractivity contribution in [2.45, 2.75) is 42.1 Å². The zero-order valence-electron chi connectivity index (χ0n) is 11.7. The lowest BCUT2D eigenvalue weighted by Crippen LogP contribution is -2.71. The van der Waals surface area contributed by atoms with E-state index in [0.29, 0.717) is 0 Å². The Morgan fingerprint density at radius 2 is 0.880 bits per heavy atom. The fraction of sp³-hybridized carbons (Fsp3) is 1.00. The van der Waals surface area contributed by atoms with Crippen LogP contribution in [0.1, 0.15) is 0 Å². The van der Waals surface area contributed by atoms with Crippen molar-refractivity contribution in [1.82, 2.24) is 0 Å². The standard InChI is InChI=1S/C9H6F12O4/c1-22-9(23-2)3(5(10,11)12,6(13,14)15)24-4(25-9,7(16,17)18)8(19,20)21/h1-2H3. The summed E-state index contributed by atoms with van der Waals surface area (Å²) in [7, 11) is -0.191. The minimum absolute atomic E-state index is 0.0953. The fourth-order valence-electron chi connectivity index (χ4n) is 2.03. The van der Waals surface area contributed by atoms with Gasteiger partial charge < -0.3 is 14.2 Å². The van der Waals surface area contributed by atoms with Gasteiger partial charge >= 0.3 is 42.1 Å². The highest BCUT2D eigenvalue weighted by Gasteiger charge is 2.97. The quantitative estimate of drug-likeness (QED) is 0.518. The van der Waals surface area contributed by atoms with Crippen molar-refractivity contribution in [1.29, 1.82) is 0 Å². The Kier molecular flexibility index (Phi) is 4.85. The van der Waals surface area contributed by atoms with Gasteiger partial charge in [-0.05, 0) is 0 Å². The van der Waals surface area contributed by atoms with Gasteiger partial charge in [-0.3, -0.25) is 4.74 Å². The van der Waals surface area contributed by atoms with Crippen LogP contribution in [-0.4, -0.2) is 56.3 Å². The van der Waals surface area contributed by atoms with Crippen molar-refractivity contribution in [2.75, 3.05) is 14.2 Å². The molecule has 16 heteroatoms. The molecule has 0 aromatic rings. The predicted octanol–water partition coefficient (Wildman–Crippen LogP) is 3.66. The Morgan fingerprint density at radius 3 is 1.04 bits per heavy atom. The Labute approximate surface area is 129 Å². The molecule has 0 unspecified atom stereocenters. The molecule has 0 saturated carbocycles. The van der Waals surface area contributed by atoms with Crippen LogP contribution in [0.25, 0.3) is 0 Å². The van der Waals surface area contributed by atoms with E-state index in [1.165, 1.54) is 0 Å². The largest absolute Gasteiger partial charge is 0.453 e. The van der Waals surface area contributed by atoms with Gasteiger partial charge in [0.2, 0.25) is 0 Å². The van der Waals surface area contributed by atoms with Gasteiger partial charge in [-0.1, -0.05) is 0 Å². The van der Waals surface area contributed by atoms with Crippen LogP contribution in [0.3, 0.4) is 0 Å². The number of methoxy groups -OCH3 is 2. The van der Waals surface area contributed by atoms with E-state index < -0.39 is 42.1 Å². The molecule has 1 fully saturated rings. The number of hydrogen-bond acceptors (Lipinski definition) is 4. The molecular formula is C9H6F12O4. The molecular weight excluding hydrogens is 400 g/mol. The highest BCUT2D eigenvalue weighted by Crippen LogP contribution is 2.66. The highest BCUT2D eigenvalue weighted by molar-refractivity contribution is 5.12. The minimum Gasteiger partial charge on any atom is -0.328 e. The second kappa shape index (κ2) is 5.50. The van der Waals surface area contributed by atoms with Crippen LogP contribution in [0.5, 0.6) is 0 Å². The zero-order chi connectivity index (χ0) is 20.3. The average Bonchev–Trinajstić information content (AvgIpc) is 2.70. The number of ether oxygens (including phenoxy) is 4. The molecule has 0 atom stereocenters. The second-order valence-electron chi connectivity index (χ2n) is 4.46. The van der Waals surface area contributed by atoms with E-state index in [0.717, 1.165) is 0 Å². The third-order valence-electron chi connectivity index (χ3n) is 3.09. The fourth-order valence-corrected chi connectivity index (χ4v) is 2.03. The minimum atomic E-state index is -6.94. The van der Waals surface area contributed by atoms with E-state index in [-0.39, 0.29) is 14.2 Å². The van der Waals surface area contributed by atoms with Crippen LogP contribution in [0.2, 0.25) is 0 Å². The van der Waals surface area contributed by atoms with Gasteiger partial charge in [0.25, 0.3) is 0 Å². The molecule has 1 rings (SSSR count). The summed E-state index contributed by atoms with van der Waals surface area (Å²) in [4.78, 5) is 0. The summed E-state index contributed by atoms with van der Waals surface area (Å²) in [6.45, 7) is 0. The molecule has 0 bridgehead atoms. The summed E-state index contributed by atoms with van der Waals surface area (Å²) in [5.74, 6) is -11.3. The Bertz CT molecular complexity index is 469. The molecule has 150 valence electrons. The molecule has 1 saturated heterocycles. The molecule has 1 heterocycles. The van der Waals surface area contributed by atoms with Crippen molar-refractivity contribution >= 4 is 0 Å². The maximum absolute atomic E-state index is 13.1. The van der Waals surface area contributed by atoms with Gasteiger partial charge in [0.05, 0.1) is 0 Å². The van der Waals surface area contributed by atoms with Gasteiger partial charge in [0.1, 0.15) is 0 Å². The van der Waals surface area contributed by atoms with Crippen LogP contribution in [-0.2, 0) is 18.9 Å². The summed E-state index contributed by atoms with van der Waals surface area (Å²) >= 11 is 0. The Hall–Kier alpha value is -1.00. The first-order chi connectivity index (χ1) is 10.8. The molecule has 0 aromatic heterocycles. The molecule has 1 aliphatic rings. The van der Waals surface area contributed by atoms with E-state index in [9.17, 15) is 52.7 Å². The molecule has 0 spiro atoms. The number of halogens is 12. The molecule has 4 nitrogen and oxygen atoms in total. The Morgan fingerprint density at radius 1 is 0.560 bits per heavy atom. The monoisotopic (exact) mass is 406 g/mol. The molecule has 0 radical (unpaired) electrons. The van der Waals surface area contributed by atoms with Crippen molar-refractivity contribution in [3.63, 3.8) is 0 Å². The van der Waals surface area contributed by atoms with Crippen LogP contribution < -0.4 is 0 Å².